The molecule has 19 heavy (non-hydrogen) atoms. The zero-order valence-electron chi connectivity index (χ0n) is 11.1. The molecule has 0 aliphatic carbocycles. The lowest BCUT2D eigenvalue weighted by molar-refractivity contribution is 0.260. The van der Waals surface area contributed by atoms with Crippen LogP contribution in [0.4, 0.5) is 0 Å². The molecule has 0 amide bonds. The average Bonchev–Trinajstić information content (AvgIpc) is 2.85. The highest BCUT2D eigenvalue weighted by Gasteiger charge is 2.24. The molecule has 0 aliphatic heterocycles. The third-order valence-corrected chi connectivity index (χ3v) is 4.44. The van der Waals surface area contributed by atoms with Crippen molar-refractivity contribution in [3.05, 3.63) is 30.6 Å². The Bertz CT molecular complexity index is 496. The van der Waals surface area contributed by atoms with Gasteiger partial charge < -0.3 is 15.4 Å². The summed E-state index contributed by atoms with van der Waals surface area (Å²) in [5.74, 6) is 0. The van der Waals surface area contributed by atoms with Crippen molar-refractivity contribution >= 4 is 10.0 Å². The zero-order valence-corrected chi connectivity index (χ0v) is 11.9. The van der Waals surface area contributed by atoms with Crippen molar-refractivity contribution in [1.29, 1.82) is 0 Å². The van der Waals surface area contributed by atoms with Crippen LogP contribution in [0.1, 0.15) is 12.6 Å². The first-order valence-corrected chi connectivity index (χ1v) is 7.60. The summed E-state index contributed by atoms with van der Waals surface area (Å²) in [6.45, 7) is 6.93. The summed E-state index contributed by atoms with van der Waals surface area (Å²) >= 11 is 0. The van der Waals surface area contributed by atoms with E-state index >= 15 is 0 Å². The molecule has 0 bridgehead atoms. The van der Waals surface area contributed by atoms with E-state index in [1.54, 1.807) is 6.07 Å². The van der Waals surface area contributed by atoms with Crippen molar-refractivity contribution in [2.24, 2.45) is 0 Å². The normalized spacial score (nSPS) is 11.9. The van der Waals surface area contributed by atoms with Gasteiger partial charge in [0.1, 0.15) is 0 Å². The van der Waals surface area contributed by atoms with Crippen LogP contribution in [0.5, 0.6) is 0 Å². The van der Waals surface area contributed by atoms with Crippen LogP contribution < -0.4 is 5.32 Å². The van der Waals surface area contributed by atoms with Crippen LogP contribution in [-0.2, 0) is 16.6 Å². The molecule has 7 heteroatoms. The van der Waals surface area contributed by atoms with Crippen LogP contribution in [0.25, 0.3) is 0 Å². The van der Waals surface area contributed by atoms with Gasteiger partial charge in [0.05, 0.1) is 11.5 Å². The molecule has 1 heterocycles. The summed E-state index contributed by atoms with van der Waals surface area (Å²) in [5.41, 5.74) is 0.808. The molecular formula is C12H21N3O3S. The van der Waals surface area contributed by atoms with Gasteiger partial charge in [-0.15, -0.1) is 6.58 Å². The molecule has 0 saturated carbocycles. The maximum atomic E-state index is 12.3. The highest BCUT2D eigenvalue weighted by atomic mass is 32.2. The van der Waals surface area contributed by atoms with Crippen molar-refractivity contribution in [3.8, 4) is 0 Å². The summed E-state index contributed by atoms with van der Waals surface area (Å²) < 4.78 is 25.8. The molecule has 0 aromatic carbocycles. The standard InChI is InChI=1S/C12H21N3O3S/c1-3-5-15(6-7-16)19(17,18)12-8-11(14-10-12)9-13-4-2/h3,8,10,13-14,16H,1,4-7,9H2,2H3. The minimum absolute atomic E-state index is 0.0576. The summed E-state index contributed by atoms with van der Waals surface area (Å²) in [6.07, 6.45) is 2.97. The van der Waals surface area contributed by atoms with Gasteiger partial charge in [-0.2, -0.15) is 4.31 Å². The molecule has 0 radical (unpaired) electrons. The first-order chi connectivity index (χ1) is 9.06. The Morgan fingerprint density at radius 1 is 1.58 bits per heavy atom. The second kappa shape index (κ2) is 7.44. The fraction of sp³-hybridized carbons (Fsp3) is 0.500. The van der Waals surface area contributed by atoms with Gasteiger partial charge in [-0.1, -0.05) is 13.0 Å². The van der Waals surface area contributed by atoms with E-state index in [0.29, 0.717) is 6.54 Å². The Balaban J connectivity index is 2.90. The van der Waals surface area contributed by atoms with Crippen LogP contribution in [0.2, 0.25) is 0 Å². The van der Waals surface area contributed by atoms with Crippen molar-refractivity contribution in [3.63, 3.8) is 0 Å². The molecule has 3 N–H and O–H groups in total. The first kappa shape index (κ1) is 15.9. The van der Waals surface area contributed by atoms with Gasteiger partial charge in [0, 0.05) is 31.5 Å². The number of aromatic nitrogens is 1. The quantitative estimate of drug-likeness (QED) is 0.570. The smallest absolute Gasteiger partial charge is 0.244 e. The number of hydrogen-bond acceptors (Lipinski definition) is 4. The Kier molecular flexibility index (Phi) is 6.23. The fourth-order valence-corrected chi connectivity index (χ4v) is 3.06. The highest BCUT2D eigenvalue weighted by molar-refractivity contribution is 7.89. The Morgan fingerprint density at radius 3 is 2.89 bits per heavy atom. The number of aromatic amines is 1. The lowest BCUT2D eigenvalue weighted by Crippen LogP contribution is -2.33. The molecule has 0 fully saturated rings. The minimum Gasteiger partial charge on any atom is -0.395 e. The Labute approximate surface area is 114 Å². The molecule has 0 spiro atoms. The van der Waals surface area contributed by atoms with E-state index in [1.165, 1.54) is 16.6 Å². The second-order valence-electron chi connectivity index (χ2n) is 4.02. The number of nitrogens with zero attached hydrogens (tertiary/aromatic N) is 1. The van der Waals surface area contributed by atoms with Crippen LogP contribution in [-0.4, -0.2) is 49.1 Å². The number of nitrogens with one attached hydrogen (secondary N) is 2. The molecule has 0 aliphatic rings. The second-order valence-corrected chi connectivity index (χ2v) is 5.95. The van der Waals surface area contributed by atoms with E-state index < -0.39 is 10.0 Å². The molecule has 0 saturated heterocycles. The Hall–Kier alpha value is -1.15. The van der Waals surface area contributed by atoms with E-state index in [4.69, 9.17) is 5.11 Å². The number of aliphatic hydroxyl groups is 1. The molecule has 6 nitrogen and oxygen atoms in total. The van der Waals surface area contributed by atoms with Crippen molar-refractivity contribution in [2.75, 3.05) is 26.2 Å². The van der Waals surface area contributed by atoms with E-state index in [2.05, 4.69) is 16.9 Å². The van der Waals surface area contributed by atoms with Gasteiger partial charge in [-0.05, 0) is 12.6 Å². The largest absolute Gasteiger partial charge is 0.395 e. The molecular weight excluding hydrogens is 266 g/mol. The molecule has 1 aromatic heterocycles. The SMILES string of the molecule is C=CCN(CCO)S(=O)(=O)c1c[nH]c(CNCC)c1. The van der Waals surface area contributed by atoms with Gasteiger partial charge in [-0.25, -0.2) is 8.42 Å². The summed E-state index contributed by atoms with van der Waals surface area (Å²) in [6, 6.07) is 1.60. The third-order valence-electron chi connectivity index (χ3n) is 2.60. The van der Waals surface area contributed by atoms with Crippen LogP contribution in [0, 0.1) is 0 Å². The fourth-order valence-electron chi connectivity index (χ4n) is 1.64. The topological polar surface area (TPSA) is 85.4 Å². The van der Waals surface area contributed by atoms with E-state index in [-0.39, 0.29) is 24.6 Å². The maximum absolute atomic E-state index is 12.3. The monoisotopic (exact) mass is 287 g/mol. The predicted molar refractivity (Wildman–Crippen MR) is 74.2 cm³/mol. The molecule has 0 atom stereocenters. The summed E-state index contributed by atoms with van der Waals surface area (Å²) in [7, 11) is -3.59. The van der Waals surface area contributed by atoms with E-state index in [0.717, 1.165) is 12.2 Å². The summed E-state index contributed by atoms with van der Waals surface area (Å²) in [5, 5.41) is 12.0. The van der Waals surface area contributed by atoms with Gasteiger partial charge in [0.25, 0.3) is 0 Å². The molecule has 1 rings (SSSR count). The third kappa shape index (κ3) is 4.17. The maximum Gasteiger partial charge on any atom is 0.244 e. The molecule has 0 unspecified atom stereocenters. The van der Waals surface area contributed by atoms with E-state index in [9.17, 15) is 8.42 Å². The lowest BCUT2D eigenvalue weighted by atomic mass is 10.4. The number of aliphatic hydroxyl groups excluding tert-OH is 1. The zero-order chi connectivity index (χ0) is 14.3. The Morgan fingerprint density at radius 2 is 2.32 bits per heavy atom. The van der Waals surface area contributed by atoms with E-state index in [1.807, 2.05) is 6.92 Å². The molecule has 1 aromatic rings. The highest BCUT2D eigenvalue weighted by Crippen LogP contribution is 2.16. The van der Waals surface area contributed by atoms with Gasteiger partial charge >= 0.3 is 0 Å². The summed E-state index contributed by atoms with van der Waals surface area (Å²) in [4.78, 5) is 3.13. The lowest BCUT2D eigenvalue weighted by Gasteiger charge is -2.18. The van der Waals surface area contributed by atoms with Crippen LogP contribution in [0.3, 0.4) is 0 Å². The van der Waals surface area contributed by atoms with Gasteiger partial charge in [0.2, 0.25) is 10.0 Å². The van der Waals surface area contributed by atoms with Crippen LogP contribution >= 0.6 is 0 Å². The first-order valence-electron chi connectivity index (χ1n) is 6.16. The number of rotatable bonds is 9. The van der Waals surface area contributed by atoms with Crippen LogP contribution in [0.15, 0.2) is 29.8 Å². The predicted octanol–water partition coefficient (Wildman–Crippen LogP) is 0.293. The number of sulfonamides is 1. The van der Waals surface area contributed by atoms with Gasteiger partial charge in [-0.3, -0.25) is 0 Å². The number of H-pyrrole nitrogens is 1. The minimum atomic E-state index is -3.59. The average molecular weight is 287 g/mol. The van der Waals surface area contributed by atoms with Gasteiger partial charge in [0.15, 0.2) is 0 Å². The van der Waals surface area contributed by atoms with Crippen molar-refractivity contribution in [2.45, 2.75) is 18.4 Å². The van der Waals surface area contributed by atoms with Crippen molar-refractivity contribution < 1.29 is 13.5 Å². The van der Waals surface area contributed by atoms with Crippen molar-refractivity contribution in [1.82, 2.24) is 14.6 Å². The number of hydrogen-bond donors (Lipinski definition) is 3. The molecule has 108 valence electrons.